The van der Waals surface area contributed by atoms with Crippen LogP contribution in [0.1, 0.15) is 10.4 Å². The maximum absolute atomic E-state index is 13.4. The maximum atomic E-state index is 13.4. The summed E-state index contributed by atoms with van der Waals surface area (Å²) in [6, 6.07) is 6.77. The van der Waals surface area contributed by atoms with Crippen LogP contribution in [0.25, 0.3) is 22.2 Å². The van der Waals surface area contributed by atoms with E-state index < -0.39 is 18.6 Å². The molecule has 0 saturated carbocycles. The van der Waals surface area contributed by atoms with E-state index in [-0.39, 0.29) is 54.8 Å². The largest absolute Gasteiger partial charge is 0.476 e. The highest BCUT2D eigenvalue weighted by atomic mass is 79.9. The summed E-state index contributed by atoms with van der Waals surface area (Å²) in [6.07, 6.45) is -1.59. The van der Waals surface area contributed by atoms with Crippen molar-refractivity contribution in [3.05, 3.63) is 57.0 Å². The maximum Gasteiger partial charge on any atom is 0.401 e. The first-order valence-electron chi connectivity index (χ1n) is 11.6. The van der Waals surface area contributed by atoms with E-state index in [9.17, 15) is 22.8 Å². The smallest absolute Gasteiger partial charge is 0.401 e. The average molecular weight is 594 g/mol. The van der Waals surface area contributed by atoms with Gasteiger partial charge in [-0.3, -0.25) is 19.8 Å². The number of benzene rings is 1. The van der Waals surface area contributed by atoms with Gasteiger partial charge in [-0.1, -0.05) is 15.9 Å². The molecule has 200 valence electrons. The summed E-state index contributed by atoms with van der Waals surface area (Å²) in [6.45, 7) is -1.14. The number of ether oxygens (including phenoxy) is 1. The number of hydrogen-bond acceptors (Lipinski definition) is 6. The van der Waals surface area contributed by atoms with Crippen molar-refractivity contribution in [3.8, 4) is 17.0 Å². The van der Waals surface area contributed by atoms with Gasteiger partial charge in [-0.15, -0.1) is 0 Å². The van der Waals surface area contributed by atoms with Gasteiger partial charge in [-0.05, 0) is 24.3 Å². The summed E-state index contributed by atoms with van der Waals surface area (Å²) in [4.78, 5) is 32.1. The second-order valence-electron chi connectivity index (χ2n) is 8.96. The number of alkyl halides is 3. The van der Waals surface area contributed by atoms with Crippen molar-refractivity contribution in [2.45, 2.75) is 12.7 Å². The van der Waals surface area contributed by atoms with Crippen molar-refractivity contribution in [2.75, 3.05) is 31.6 Å². The van der Waals surface area contributed by atoms with Crippen molar-refractivity contribution < 1.29 is 22.7 Å². The lowest BCUT2D eigenvalue weighted by atomic mass is 10.1. The third-order valence-electron chi connectivity index (χ3n) is 6.24. The van der Waals surface area contributed by atoms with Crippen LogP contribution in [-0.4, -0.2) is 67.1 Å². The van der Waals surface area contributed by atoms with Gasteiger partial charge < -0.3 is 13.9 Å². The van der Waals surface area contributed by atoms with Gasteiger partial charge in [0, 0.05) is 44.4 Å². The lowest BCUT2D eigenvalue weighted by molar-refractivity contribution is -0.146. The number of nitrogens with one attached hydrogen (secondary N) is 1. The molecule has 1 N–H and O–H groups in total. The van der Waals surface area contributed by atoms with Crippen molar-refractivity contribution in [1.29, 1.82) is 0 Å². The van der Waals surface area contributed by atoms with E-state index in [1.807, 2.05) is 0 Å². The first-order valence-corrected chi connectivity index (χ1v) is 12.4. The van der Waals surface area contributed by atoms with Gasteiger partial charge >= 0.3 is 6.18 Å². The Morgan fingerprint density at radius 2 is 1.89 bits per heavy atom. The highest BCUT2D eigenvalue weighted by Gasteiger charge is 2.31. The second kappa shape index (κ2) is 9.91. The molecule has 38 heavy (non-hydrogen) atoms. The van der Waals surface area contributed by atoms with Crippen molar-refractivity contribution in [1.82, 2.24) is 28.8 Å². The van der Waals surface area contributed by atoms with E-state index >= 15 is 0 Å². The molecule has 0 saturated heterocycles. The van der Waals surface area contributed by atoms with Crippen LogP contribution >= 0.6 is 15.9 Å². The Balaban J connectivity index is 1.64. The van der Waals surface area contributed by atoms with Crippen LogP contribution in [0.15, 0.2) is 45.9 Å². The van der Waals surface area contributed by atoms with Crippen LogP contribution < -0.4 is 15.6 Å². The lowest BCUT2D eigenvalue weighted by Crippen LogP contribution is -2.39. The Kier molecular flexibility index (Phi) is 6.77. The molecule has 3 aromatic heterocycles. The fourth-order valence-corrected chi connectivity index (χ4v) is 4.79. The molecule has 4 heterocycles. The summed E-state index contributed by atoms with van der Waals surface area (Å²) in [5.41, 5.74) is 1.50. The van der Waals surface area contributed by atoms with E-state index in [2.05, 4.69) is 31.3 Å². The van der Waals surface area contributed by atoms with Crippen LogP contribution in [0.3, 0.4) is 0 Å². The van der Waals surface area contributed by atoms with E-state index in [0.29, 0.717) is 16.6 Å². The van der Waals surface area contributed by atoms with Gasteiger partial charge in [-0.25, -0.2) is 9.67 Å². The Morgan fingerprint density at radius 3 is 2.66 bits per heavy atom. The quantitative estimate of drug-likeness (QED) is 0.363. The molecule has 4 aromatic rings. The minimum absolute atomic E-state index is 0.00930. The number of imidazole rings is 1. The van der Waals surface area contributed by atoms with Gasteiger partial charge in [0.25, 0.3) is 11.5 Å². The molecule has 1 aliphatic heterocycles. The number of aryl methyl sites for hydroxylation is 2. The molecule has 2 bridgehead atoms. The van der Waals surface area contributed by atoms with Crippen LogP contribution in [0.4, 0.5) is 19.1 Å². The van der Waals surface area contributed by atoms with Crippen LogP contribution in [0.5, 0.6) is 5.88 Å². The number of pyridine rings is 1. The molecule has 5 rings (SSSR count). The first-order chi connectivity index (χ1) is 18.0. The molecule has 1 aromatic carbocycles. The predicted octanol–water partition coefficient (Wildman–Crippen LogP) is 3.41. The fraction of sp³-hybridized carbons (Fsp3) is 0.333. The summed E-state index contributed by atoms with van der Waals surface area (Å²) in [7, 11) is 3.12. The van der Waals surface area contributed by atoms with E-state index in [4.69, 9.17) is 4.74 Å². The number of carbonyl (C=O) groups excluding carboxylic acids is 1. The minimum atomic E-state index is -4.43. The summed E-state index contributed by atoms with van der Waals surface area (Å²) < 4.78 is 51.2. The Hall–Kier alpha value is -3.65. The van der Waals surface area contributed by atoms with E-state index in [1.54, 1.807) is 29.8 Å². The molecular formula is C24H23BrF3N7O3. The van der Waals surface area contributed by atoms with Crippen LogP contribution in [-0.2, 0) is 20.6 Å². The van der Waals surface area contributed by atoms with Crippen molar-refractivity contribution in [2.24, 2.45) is 14.1 Å². The van der Waals surface area contributed by atoms with E-state index in [1.165, 1.54) is 39.7 Å². The monoisotopic (exact) mass is 593 g/mol. The second-order valence-corrected chi connectivity index (χ2v) is 9.88. The zero-order valence-corrected chi connectivity index (χ0v) is 22.0. The third-order valence-corrected chi connectivity index (χ3v) is 6.74. The molecule has 14 heteroatoms. The molecule has 0 aliphatic carbocycles. The number of rotatable bonds is 1. The summed E-state index contributed by atoms with van der Waals surface area (Å²) >= 11 is 3.42. The number of nitrogens with zero attached hydrogens (tertiary/aromatic N) is 6. The minimum Gasteiger partial charge on any atom is -0.476 e. The highest BCUT2D eigenvalue weighted by Crippen LogP contribution is 2.29. The number of fused-ring (bicyclic) bond motifs is 7. The van der Waals surface area contributed by atoms with E-state index in [0.717, 1.165) is 4.47 Å². The molecule has 1 aliphatic rings. The molecule has 0 atom stereocenters. The van der Waals surface area contributed by atoms with Crippen molar-refractivity contribution in [3.63, 3.8) is 0 Å². The molecule has 0 spiro atoms. The van der Waals surface area contributed by atoms with Crippen LogP contribution in [0.2, 0.25) is 0 Å². The molecule has 10 nitrogen and oxygen atoms in total. The standard InChI is InChI=1S/C24H23BrF3N7O3/c1-32-12-14-9-16(21(32)37)17-11-29-33(2)22(17)38-8-7-34(13-24(26,27)28)5-6-35-19-10-15(25)3-4-18(19)30-23(35)31-20(14)36/h3-4,9-12H,5-8,13H2,1-2H3,(H,30,31,36). The highest BCUT2D eigenvalue weighted by molar-refractivity contribution is 9.10. The molecule has 1 amide bonds. The van der Waals surface area contributed by atoms with Crippen molar-refractivity contribution >= 4 is 38.8 Å². The van der Waals surface area contributed by atoms with Gasteiger partial charge in [0.15, 0.2) is 0 Å². The number of aromatic nitrogens is 5. The number of halogens is 4. The van der Waals surface area contributed by atoms with Gasteiger partial charge in [0.1, 0.15) is 6.61 Å². The SMILES string of the molecule is Cn1ncc2c1OCCN(CC(F)(F)F)CCn1c(nc3ccc(Br)cc31)NC(=O)c1cc-2c(=O)n(C)c1. The Labute approximate surface area is 222 Å². The predicted molar refractivity (Wildman–Crippen MR) is 137 cm³/mol. The molecular weight excluding hydrogens is 571 g/mol. The third kappa shape index (κ3) is 5.18. The number of carbonyl (C=O) groups is 1. The average Bonchev–Trinajstić information content (AvgIpc) is 3.36. The zero-order chi connectivity index (χ0) is 27.2. The Morgan fingerprint density at radius 1 is 1.11 bits per heavy atom. The Bertz CT molecular complexity index is 1590. The lowest BCUT2D eigenvalue weighted by Gasteiger charge is -2.24. The summed E-state index contributed by atoms with van der Waals surface area (Å²) in [5.74, 6) is -0.144. The first kappa shape index (κ1) is 26.0. The molecule has 0 radical (unpaired) electrons. The van der Waals surface area contributed by atoms with Gasteiger partial charge in [-0.2, -0.15) is 18.3 Å². The topological polar surface area (TPSA) is 99.2 Å². The van der Waals surface area contributed by atoms with Gasteiger partial charge in [0.2, 0.25) is 11.8 Å². The van der Waals surface area contributed by atoms with Crippen LogP contribution in [0, 0.1) is 0 Å². The fourth-order valence-electron chi connectivity index (χ4n) is 4.44. The number of amides is 1. The summed E-state index contributed by atoms with van der Waals surface area (Å²) in [5, 5.41) is 6.93. The van der Waals surface area contributed by atoms with Gasteiger partial charge in [0.05, 0.1) is 40.5 Å². The normalized spacial score (nSPS) is 15.3. The number of anilines is 1. The number of hydrogen-bond donors (Lipinski definition) is 1. The zero-order valence-electron chi connectivity index (χ0n) is 20.4. The molecule has 0 unspecified atom stereocenters. The molecule has 0 fully saturated rings.